The van der Waals surface area contributed by atoms with Crippen molar-refractivity contribution in [3.8, 4) is 11.1 Å². The molecule has 4 rings (SSSR count). The molecule has 1 aliphatic rings. The van der Waals surface area contributed by atoms with Gasteiger partial charge in [0.1, 0.15) is 23.5 Å². The number of rotatable bonds is 8. The summed E-state index contributed by atoms with van der Waals surface area (Å²) in [6.45, 7) is 9.49. The maximum Gasteiger partial charge on any atom is 0.410 e. The SMILES string of the molecule is Cc1nc(N)ccc1CNC(=O)[C@H](C)NC(=O)[C@H]1C[C@H](Cc2cccc(-c3ccccc3)c2)CN1C(=O)OC(C)(C)C. The van der Waals surface area contributed by atoms with Gasteiger partial charge in [-0.25, -0.2) is 9.78 Å². The predicted molar refractivity (Wildman–Crippen MR) is 163 cm³/mol. The Bertz CT molecular complexity index is 1420. The van der Waals surface area contributed by atoms with Gasteiger partial charge in [-0.15, -0.1) is 0 Å². The monoisotopic (exact) mass is 571 g/mol. The van der Waals surface area contributed by atoms with E-state index in [1.807, 2.05) is 37.3 Å². The van der Waals surface area contributed by atoms with E-state index in [0.717, 1.165) is 27.9 Å². The van der Waals surface area contributed by atoms with Crippen LogP contribution in [0.1, 0.15) is 50.9 Å². The zero-order valence-corrected chi connectivity index (χ0v) is 25.0. The second kappa shape index (κ2) is 13.1. The highest BCUT2D eigenvalue weighted by Gasteiger charge is 2.42. The summed E-state index contributed by atoms with van der Waals surface area (Å²) in [5.74, 6) is -0.258. The Morgan fingerprint density at radius 1 is 1.05 bits per heavy atom. The Labute approximate surface area is 247 Å². The molecular weight excluding hydrogens is 530 g/mol. The first kappa shape index (κ1) is 30.6. The van der Waals surface area contributed by atoms with Crippen molar-refractivity contribution in [1.29, 1.82) is 0 Å². The lowest BCUT2D eigenvalue weighted by Crippen LogP contribution is -2.52. The van der Waals surface area contributed by atoms with Crippen LogP contribution < -0.4 is 16.4 Å². The maximum absolute atomic E-state index is 13.5. The molecule has 42 heavy (non-hydrogen) atoms. The van der Waals surface area contributed by atoms with Crippen molar-refractivity contribution in [1.82, 2.24) is 20.5 Å². The highest BCUT2D eigenvalue weighted by Crippen LogP contribution is 2.30. The molecule has 0 bridgehead atoms. The van der Waals surface area contributed by atoms with E-state index >= 15 is 0 Å². The number of nitrogens with zero attached hydrogens (tertiary/aromatic N) is 2. The van der Waals surface area contributed by atoms with Crippen LogP contribution in [-0.2, 0) is 27.3 Å². The van der Waals surface area contributed by atoms with Gasteiger partial charge in [-0.05, 0) is 81.7 Å². The smallest absolute Gasteiger partial charge is 0.410 e. The number of carbonyl (C=O) groups is 3. The van der Waals surface area contributed by atoms with Crippen LogP contribution in [0, 0.1) is 12.8 Å². The Kier molecular flexibility index (Phi) is 9.50. The Hall–Kier alpha value is -4.40. The van der Waals surface area contributed by atoms with Crippen LogP contribution in [0.2, 0.25) is 0 Å². The van der Waals surface area contributed by atoms with E-state index in [4.69, 9.17) is 10.5 Å². The Morgan fingerprint density at radius 2 is 1.76 bits per heavy atom. The van der Waals surface area contributed by atoms with E-state index in [-0.39, 0.29) is 24.3 Å². The van der Waals surface area contributed by atoms with Crippen LogP contribution in [0.15, 0.2) is 66.7 Å². The van der Waals surface area contributed by atoms with Crippen LogP contribution in [0.5, 0.6) is 0 Å². The number of ether oxygens (including phenoxy) is 1. The van der Waals surface area contributed by atoms with Gasteiger partial charge in [0.25, 0.3) is 0 Å². The number of aromatic nitrogens is 1. The molecule has 4 N–H and O–H groups in total. The van der Waals surface area contributed by atoms with Crippen LogP contribution in [0.25, 0.3) is 11.1 Å². The molecular formula is C33H41N5O4. The van der Waals surface area contributed by atoms with E-state index < -0.39 is 23.8 Å². The van der Waals surface area contributed by atoms with Crippen molar-refractivity contribution in [3.05, 3.63) is 83.6 Å². The topological polar surface area (TPSA) is 127 Å². The summed E-state index contributed by atoms with van der Waals surface area (Å²) in [6, 6.07) is 20.4. The van der Waals surface area contributed by atoms with Gasteiger partial charge in [-0.3, -0.25) is 14.5 Å². The summed E-state index contributed by atoms with van der Waals surface area (Å²) in [5, 5.41) is 5.65. The van der Waals surface area contributed by atoms with Crippen molar-refractivity contribution in [3.63, 3.8) is 0 Å². The molecule has 1 aliphatic heterocycles. The van der Waals surface area contributed by atoms with Crippen molar-refractivity contribution < 1.29 is 19.1 Å². The minimum atomic E-state index is -0.804. The number of pyridine rings is 1. The molecule has 3 aromatic rings. The molecule has 222 valence electrons. The molecule has 3 atom stereocenters. The molecule has 0 aliphatic carbocycles. The van der Waals surface area contributed by atoms with Crippen molar-refractivity contribution >= 4 is 23.7 Å². The van der Waals surface area contributed by atoms with E-state index in [0.29, 0.717) is 25.2 Å². The first-order valence-corrected chi connectivity index (χ1v) is 14.3. The molecule has 1 fully saturated rings. The maximum atomic E-state index is 13.5. The predicted octanol–water partition coefficient (Wildman–Crippen LogP) is 4.63. The molecule has 0 saturated carbocycles. The third kappa shape index (κ3) is 8.09. The number of nitrogens with two attached hydrogens (primary N) is 1. The number of benzene rings is 2. The average molecular weight is 572 g/mol. The van der Waals surface area contributed by atoms with E-state index in [1.165, 1.54) is 4.90 Å². The molecule has 2 aromatic carbocycles. The van der Waals surface area contributed by atoms with Gasteiger partial charge in [0.05, 0.1) is 0 Å². The van der Waals surface area contributed by atoms with Crippen molar-refractivity contribution in [2.45, 2.75) is 71.7 Å². The highest BCUT2D eigenvalue weighted by molar-refractivity contribution is 5.91. The fourth-order valence-corrected chi connectivity index (χ4v) is 5.19. The van der Waals surface area contributed by atoms with Crippen LogP contribution in [-0.4, -0.2) is 52.0 Å². The molecule has 1 aromatic heterocycles. The number of carbonyl (C=O) groups excluding carboxylic acids is 3. The number of hydrogen-bond acceptors (Lipinski definition) is 6. The Morgan fingerprint density at radius 3 is 2.45 bits per heavy atom. The molecule has 0 radical (unpaired) electrons. The van der Waals surface area contributed by atoms with E-state index in [2.05, 4.69) is 45.9 Å². The Balaban J connectivity index is 1.43. The quantitative estimate of drug-likeness (QED) is 0.362. The summed E-state index contributed by atoms with van der Waals surface area (Å²) in [4.78, 5) is 45.2. The number of nitrogens with one attached hydrogen (secondary N) is 2. The lowest BCUT2D eigenvalue weighted by atomic mass is 9.94. The van der Waals surface area contributed by atoms with Crippen molar-refractivity contribution in [2.75, 3.05) is 12.3 Å². The summed E-state index contributed by atoms with van der Waals surface area (Å²) < 4.78 is 5.65. The van der Waals surface area contributed by atoms with Gasteiger partial charge in [0.15, 0.2) is 0 Å². The second-order valence-corrected chi connectivity index (χ2v) is 11.9. The first-order chi connectivity index (χ1) is 19.9. The fourth-order valence-electron chi connectivity index (χ4n) is 5.19. The number of likely N-dealkylation sites (tertiary alicyclic amines) is 1. The van der Waals surface area contributed by atoms with Gasteiger partial charge in [-0.1, -0.05) is 60.7 Å². The molecule has 3 amide bonds. The van der Waals surface area contributed by atoms with Crippen LogP contribution >= 0.6 is 0 Å². The van der Waals surface area contributed by atoms with Gasteiger partial charge >= 0.3 is 6.09 Å². The highest BCUT2D eigenvalue weighted by atomic mass is 16.6. The van der Waals surface area contributed by atoms with Crippen LogP contribution in [0.4, 0.5) is 10.6 Å². The minimum Gasteiger partial charge on any atom is -0.444 e. The van der Waals surface area contributed by atoms with E-state index in [9.17, 15) is 14.4 Å². The molecule has 1 saturated heterocycles. The average Bonchev–Trinajstić information content (AvgIpc) is 3.36. The van der Waals surface area contributed by atoms with Gasteiger partial charge in [-0.2, -0.15) is 0 Å². The molecule has 9 nitrogen and oxygen atoms in total. The second-order valence-electron chi connectivity index (χ2n) is 11.9. The largest absolute Gasteiger partial charge is 0.444 e. The number of aryl methyl sites for hydroxylation is 1. The van der Waals surface area contributed by atoms with E-state index in [1.54, 1.807) is 33.8 Å². The zero-order valence-electron chi connectivity index (χ0n) is 25.0. The number of hydrogen-bond donors (Lipinski definition) is 3. The number of amides is 3. The van der Waals surface area contributed by atoms with Crippen molar-refractivity contribution in [2.24, 2.45) is 5.92 Å². The normalized spacial score (nSPS) is 17.4. The summed E-state index contributed by atoms with van der Waals surface area (Å²) in [6.07, 6.45) is 0.631. The van der Waals surface area contributed by atoms with Crippen LogP contribution in [0.3, 0.4) is 0 Å². The number of anilines is 1. The minimum absolute atomic E-state index is 0.0458. The summed E-state index contributed by atoms with van der Waals surface area (Å²) in [5.41, 5.74) is 9.95. The first-order valence-electron chi connectivity index (χ1n) is 14.3. The third-order valence-corrected chi connectivity index (χ3v) is 7.30. The molecule has 9 heteroatoms. The zero-order chi connectivity index (χ0) is 30.4. The van der Waals surface area contributed by atoms with Gasteiger partial charge in [0.2, 0.25) is 11.8 Å². The summed E-state index contributed by atoms with van der Waals surface area (Å²) >= 11 is 0. The summed E-state index contributed by atoms with van der Waals surface area (Å²) in [7, 11) is 0. The van der Waals surface area contributed by atoms with Gasteiger partial charge in [0, 0.05) is 18.8 Å². The standard InChI is InChI=1S/C33H41N5O4/c1-21-27(14-15-29(34)36-21)19-35-30(39)22(2)37-31(40)28-18-24(20-38(28)32(41)42-33(3,4)5)16-23-10-9-13-26(17-23)25-11-7-6-8-12-25/h6-15,17,22,24,28H,16,18-20H2,1-5H3,(H2,34,36)(H,35,39)(H,37,40)/t22-,24-,28+/m0/s1. The fraction of sp³-hybridized carbons (Fsp3) is 0.394. The number of nitrogen functional groups attached to an aromatic ring is 1. The lowest BCUT2D eigenvalue weighted by Gasteiger charge is -2.28. The van der Waals surface area contributed by atoms with Gasteiger partial charge < -0.3 is 21.1 Å². The lowest BCUT2D eigenvalue weighted by molar-refractivity contribution is -0.131. The molecule has 0 unspecified atom stereocenters. The third-order valence-electron chi connectivity index (χ3n) is 7.30. The molecule has 0 spiro atoms. The molecule has 2 heterocycles.